The number of alkyl halides is 3. The predicted octanol–water partition coefficient (Wildman–Crippen LogP) is 2.77. The maximum absolute atomic E-state index is 12.5. The Bertz CT molecular complexity index is 493. The lowest BCUT2D eigenvalue weighted by atomic mass is 10.1. The summed E-state index contributed by atoms with van der Waals surface area (Å²) in [5.41, 5.74) is -2.95. The molecule has 8 heteroatoms. The zero-order chi connectivity index (χ0) is 12.5. The van der Waals surface area contributed by atoms with E-state index in [-0.39, 0.29) is 5.56 Å². The number of thiol groups is 1. The van der Waals surface area contributed by atoms with Gasteiger partial charge in [0.05, 0.1) is 21.5 Å². The SMILES string of the molecule is N#Cc1cc(S)c([N+](=O)[O-])c(C(F)(F)F)c1. The third kappa shape index (κ3) is 2.25. The van der Waals surface area contributed by atoms with Crippen molar-refractivity contribution in [2.24, 2.45) is 0 Å². The Hall–Kier alpha value is -1.75. The molecule has 0 bridgehead atoms. The second kappa shape index (κ2) is 4.02. The molecule has 4 nitrogen and oxygen atoms in total. The number of nitrogens with zero attached hydrogens (tertiary/aromatic N) is 2. The molecule has 0 heterocycles. The van der Waals surface area contributed by atoms with Crippen LogP contribution in [0.15, 0.2) is 17.0 Å². The second-order valence-electron chi connectivity index (χ2n) is 2.76. The van der Waals surface area contributed by atoms with Crippen LogP contribution >= 0.6 is 12.6 Å². The van der Waals surface area contributed by atoms with E-state index in [1.807, 2.05) is 0 Å². The smallest absolute Gasteiger partial charge is 0.258 e. The highest BCUT2D eigenvalue weighted by molar-refractivity contribution is 7.80. The van der Waals surface area contributed by atoms with Gasteiger partial charge in [-0.1, -0.05) is 0 Å². The molecule has 84 valence electrons. The molecule has 0 aliphatic rings. The van der Waals surface area contributed by atoms with Crippen LogP contribution in [-0.2, 0) is 6.18 Å². The Balaban J connectivity index is 3.61. The highest BCUT2D eigenvalue weighted by atomic mass is 32.1. The van der Waals surface area contributed by atoms with Gasteiger partial charge in [0.15, 0.2) is 0 Å². The van der Waals surface area contributed by atoms with Gasteiger partial charge in [0.25, 0.3) is 5.69 Å². The highest BCUT2D eigenvalue weighted by Crippen LogP contribution is 2.39. The molecule has 16 heavy (non-hydrogen) atoms. The van der Waals surface area contributed by atoms with E-state index in [1.165, 1.54) is 6.07 Å². The van der Waals surface area contributed by atoms with Crippen LogP contribution in [0.1, 0.15) is 11.1 Å². The number of hydrogen-bond acceptors (Lipinski definition) is 4. The molecular weight excluding hydrogens is 245 g/mol. The Morgan fingerprint density at radius 3 is 2.38 bits per heavy atom. The lowest BCUT2D eigenvalue weighted by Gasteiger charge is -2.08. The fourth-order valence-electron chi connectivity index (χ4n) is 1.09. The molecule has 0 fully saturated rings. The fraction of sp³-hybridized carbons (Fsp3) is 0.125. The van der Waals surface area contributed by atoms with E-state index in [4.69, 9.17) is 5.26 Å². The van der Waals surface area contributed by atoms with Gasteiger partial charge in [-0.05, 0) is 12.1 Å². The number of halogens is 3. The number of nitro groups is 1. The van der Waals surface area contributed by atoms with Crippen LogP contribution in [0.4, 0.5) is 18.9 Å². The van der Waals surface area contributed by atoms with Crippen LogP contribution in [0.25, 0.3) is 0 Å². The van der Waals surface area contributed by atoms with Gasteiger partial charge in [-0.3, -0.25) is 10.1 Å². The van der Waals surface area contributed by atoms with Gasteiger partial charge in [0.2, 0.25) is 0 Å². The van der Waals surface area contributed by atoms with Crippen LogP contribution in [0.2, 0.25) is 0 Å². The van der Waals surface area contributed by atoms with E-state index in [1.54, 1.807) is 0 Å². The van der Waals surface area contributed by atoms with Crippen molar-refractivity contribution < 1.29 is 18.1 Å². The fourth-order valence-corrected chi connectivity index (χ4v) is 1.43. The molecule has 1 aromatic rings. The summed E-state index contributed by atoms with van der Waals surface area (Å²) >= 11 is 3.57. The zero-order valence-electron chi connectivity index (χ0n) is 7.45. The van der Waals surface area contributed by atoms with Crippen LogP contribution in [-0.4, -0.2) is 4.92 Å². The Labute approximate surface area is 92.9 Å². The van der Waals surface area contributed by atoms with Crippen molar-refractivity contribution in [1.29, 1.82) is 5.26 Å². The first kappa shape index (κ1) is 12.3. The monoisotopic (exact) mass is 248 g/mol. The average Bonchev–Trinajstić information content (AvgIpc) is 2.14. The van der Waals surface area contributed by atoms with Crippen molar-refractivity contribution in [3.05, 3.63) is 33.4 Å². The summed E-state index contributed by atoms with van der Waals surface area (Å²) in [5.74, 6) is 0. The zero-order valence-corrected chi connectivity index (χ0v) is 8.34. The number of hydrogen-bond donors (Lipinski definition) is 1. The summed E-state index contributed by atoms with van der Waals surface area (Å²) in [4.78, 5) is 8.80. The first-order valence-electron chi connectivity index (χ1n) is 3.76. The van der Waals surface area contributed by atoms with E-state index in [0.717, 1.165) is 6.07 Å². The third-order valence-electron chi connectivity index (χ3n) is 1.71. The largest absolute Gasteiger partial charge is 0.423 e. The highest BCUT2D eigenvalue weighted by Gasteiger charge is 2.39. The maximum atomic E-state index is 12.5. The summed E-state index contributed by atoms with van der Waals surface area (Å²) in [6, 6.07) is 2.82. The summed E-state index contributed by atoms with van der Waals surface area (Å²) in [5, 5.41) is 18.9. The lowest BCUT2D eigenvalue weighted by molar-refractivity contribution is -0.390. The second-order valence-corrected chi connectivity index (χ2v) is 3.24. The molecule has 0 aliphatic heterocycles. The molecule has 0 radical (unpaired) electrons. The molecule has 0 N–H and O–H groups in total. The van der Waals surface area contributed by atoms with Crippen molar-refractivity contribution in [1.82, 2.24) is 0 Å². The first-order valence-corrected chi connectivity index (χ1v) is 4.20. The first-order chi connectivity index (χ1) is 7.27. The van der Waals surface area contributed by atoms with Crippen molar-refractivity contribution in [3.8, 4) is 6.07 Å². The number of benzene rings is 1. The summed E-state index contributed by atoms with van der Waals surface area (Å²) in [7, 11) is 0. The van der Waals surface area contributed by atoms with Crippen molar-refractivity contribution in [3.63, 3.8) is 0 Å². The van der Waals surface area contributed by atoms with Gasteiger partial charge < -0.3 is 0 Å². The Morgan fingerprint density at radius 1 is 1.44 bits per heavy atom. The molecule has 1 rings (SSSR count). The van der Waals surface area contributed by atoms with E-state index < -0.39 is 27.2 Å². The number of rotatable bonds is 1. The van der Waals surface area contributed by atoms with Gasteiger partial charge in [-0.25, -0.2) is 0 Å². The van der Waals surface area contributed by atoms with E-state index in [9.17, 15) is 23.3 Å². The topological polar surface area (TPSA) is 66.9 Å². The molecule has 0 spiro atoms. The van der Waals surface area contributed by atoms with Crippen molar-refractivity contribution >= 4 is 18.3 Å². The predicted molar refractivity (Wildman–Crippen MR) is 50.1 cm³/mol. The lowest BCUT2D eigenvalue weighted by Crippen LogP contribution is -2.10. The van der Waals surface area contributed by atoms with Crippen molar-refractivity contribution in [2.75, 3.05) is 0 Å². The molecular formula is C8H3F3N2O2S. The van der Waals surface area contributed by atoms with Gasteiger partial charge in [-0.2, -0.15) is 18.4 Å². The van der Waals surface area contributed by atoms with Gasteiger partial charge in [0, 0.05) is 0 Å². The normalized spacial score (nSPS) is 10.9. The standard InChI is InChI=1S/C8H3F3N2O2S/c9-8(10,11)5-1-4(3-12)2-6(16)7(5)13(14)15/h1-2,16H. The number of nitriles is 1. The quantitative estimate of drug-likeness (QED) is 0.472. The Kier molecular flexibility index (Phi) is 3.09. The summed E-state index contributed by atoms with van der Waals surface area (Å²) < 4.78 is 37.4. The molecule has 0 saturated carbocycles. The van der Waals surface area contributed by atoms with Crippen LogP contribution < -0.4 is 0 Å². The van der Waals surface area contributed by atoms with Gasteiger partial charge >= 0.3 is 6.18 Å². The average molecular weight is 248 g/mol. The van der Waals surface area contributed by atoms with E-state index in [0.29, 0.717) is 6.07 Å². The molecule has 0 unspecified atom stereocenters. The molecule has 1 aromatic carbocycles. The van der Waals surface area contributed by atoms with Crippen LogP contribution in [0.3, 0.4) is 0 Å². The van der Waals surface area contributed by atoms with Crippen LogP contribution in [0.5, 0.6) is 0 Å². The van der Waals surface area contributed by atoms with Crippen LogP contribution in [0, 0.1) is 21.4 Å². The Morgan fingerprint density at radius 2 is 2.00 bits per heavy atom. The molecule has 0 aromatic heterocycles. The molecule has 0 aliphatic carbocycles. The summed E-state index contributed by atoms with van der Waals surface area (Å²) in [6.07, 6.45) is -4.90. The van der Waals surface area contributed by atoms with E-state index >= 15 is 0 Å². The van der Waals surface area contributed by atoms with Crippen molar-refractivity contribution in [2.45, 2.75) is 11.1 Å². The molecule has 0 amide bonds. The van der Waals surface area contributed by atoms with Gasteiger partial charge in [-0.15, -0.1) is 12.6 Å². The van der Waals surface area contributed by atoms with Gasteiger partial charge in [0.1, 0.15) is 5.56 Å². The van der Waals surface area contributed by atoms with E-state index in [2.05, 4.69) is 12.6 Å². The minimum absolute atomic E-state index is 0.331. The summed E-state index contributed by atoms with van der Waals surface area (Å²) in [6.45, 7) is 0. The molecule has 0 saturated heterocycles. The third-order valence-corrected chi connectivity index (χ3v) is 2.05. The molecule has 0 atom stereocenters. The number of nitro benzene ring substituents is 1. The maximum Gasteiger partial charge on any atom is 0.423 e. The minimum atomic E-state index is -4.90. The minimum Gasteiger partial charge on any atom is -0.258 e.